The number of likely N-dealkylation sites (tertiary alicyclic amines) is 1. The molecular weight excluding hydrogens is 580 g/mol. The third kappa shape index (κ3) is 4.78. The lowest BCUT2D eigenvalue weighted by atomic mass is 9.80. The number of rotatable bonds is 4. The normalized spacial score (nSPS) is 24.6. The van der Waals surface area contributed by atoms with E-state index in [1.54, 1.807) is 18.3 Å². The van der Waals surface area contributed by atoms with Crippen molar-refractivity contribution in [2.45, 2.75) is 55.8 Å². The van der Waals surface area contributed by atoms with E-state index in [4.69, 9.17) is 0 Å². The van der Waals surface area contributed by atoms with Crippen LogP contribution in [0.15, 0.2) is 42.7 Å². The highest BCUT2D eigenvalue weighted by Crippen LogP contribution is 2.46. The molecule has 14 heteroatoms. The number of nitrogens with one attached hydrogen (secondary N) is 2. The van der Waals surface area contributed by atoms with E-state index in [2.05, 4.69) is 20.6 Å². The van der Waals surface area contributed by atoms with Crippen molar-refractivity contribution in [1.29, 1.82) is 0 Å². The molecular formula is C29H23F6N5O3. The average Bonchev–Trinajstić information content (AvgIpc) is 3.47. The lowest BCUT2D eigenvalue weighted by molar-refractivity contribution is -0.170. The summed E-state index contributed by atoms with van der Waals surface area (Å²) in [5.41, 5.74) is 0.0460. The summed E-state index contributed by atoms with van der Waals surface area (Å²) < 4.78 is 83.8. The van der Waals surface area contributed by atoms with Gasteiger partial charge in [-0.05, 0) is 49.6 Å². The molecule has 1 aliphatic carbocycles. The molecule has 1 saturated heterocycles. The number of carbonyl (C=O) groups excluding carboxylic acids is 3. The smallest absolute Gasteiger partial charge is 0.340 e. The van der Waals surface area contributed by atoms with Gasteiger partial charge >= 0.3 is 6.18 Å². The van der Waals surface area contributed by atoms with Gasteiger partial charge in [0.05, 0.1) is 11.0 Å². The molecule has 224 valence electrons. The summed E-state index contributed by atoms with van der Waals surface area (Å²) in [4.78, 5) is 48.4. The first kappa shape index (κ1) is 28.6. The van der Waals surface area contributed by atoms with E-state index in [0.29, 0.717) is 39.7 Å². The maximum Gasteiger partial charge on any atom is 0.406 e. The Morgan fingerprint density at radius 2 is 1.86 bits per heavy atom. The average molecular weight is 604 g/mol. The number of anilines is 1. The van der Waals surface area contributed by atoms with E-state index >= 15 is 0 Å². The molecule has 1 fully saturated rings. The molecule has 2 aromatic heterocycles. The molecule has 1 spiro atoms. The van der Waals surface area contributed by atoms with E-state index < -0.39 is 77.4 Å². The van der Waals surface area contributed by atoms with Crippen LogP contribution >= 0.6 is 0 Å². The topological polar surface area (TPSA) is 104 Å². The molecule has 3 amide bonds. The Morgan fingerprint density at radius 1 is 1.12 bits per heavy atom. The second-order valence-corrected chi connectivity index (χ2v) is 11.1. The van der Waals surface area contributed by atoms with Gasteiger partial charge in [0, 0.05) is 47.6 Å². The van der Waals surface area contributed by atoms with E-state index in [1.165, 1.54) is 19.2 Å². The molecule has 2 aliphatic heterocycles. The van der Waals surface area contributed by atoms with Crippen LogP contribution in [0.4, 0.5) is 32.2 Å². The molecule has 0 saturated carbocycles. The predicted octanol–water partition coefficient (Wildman–Crippen LogP) is 3.95. The van der Waals surface area contributed by atoms with Crippen LogP contribution in [0.5, 0.6) is 0 Å². The maximum absolute atomic E-state index is 14.7. The summed E-state index contributed by atoms with van der Waals surface area (Å²) in [7, 11) is 0. The van der Waals surface area contributed by atoms with Crippen molar-refractivity contribution in [1.82, 2.24) is 20.2 Å². The summed E-state index contributed by atoms with van der Waals surface area (Å²) in [6, 6.07) is 3.19. The number of hydrogen-bond donors (Lipinski definition) is 2. The molecule has 0 bridgehead atoms. The van der Waals surface area contributed by atoms with Crippen molar-refractivity contribution in [3.63, 3.8) is 0 Å². The monoisotopic (exact) mass is 603 g/mol. The maximum atomic E-state index is 14.7. The quantitative estimate of drug-likeness (QED) is 0.348. The zero-order chi connectivity index (χ0) is 30.8. The Kier molecular flexibility index (Phi) is 6.69. The Bertz CT molecular complexity index is 1680. The molecule has 8 nitrogen and oxygen atoms in total. The number of carbonyl (C=O) groups is 3. The molecule has 2 N–H and O–H groups in total. The molecule has 3 aromatic rings. The van der Waals surface area contributed by atoms with Crippen molar-refractivity contribution in [3.8, 4) is 0 Å². The van der Waals surface area contributed by atoms with Crippen molar-refractivity contribution in [2.75, 3.05) is 11.9 Å². The van der Waals surface area contributed by atoms with Crippen molar-refractivity contribution >= 4 is 23.5 Å². The van der Waals surface area contributed by atoms with Gasteiger partial charge in [0.2, 0.25) is 11.8 Å². The first-order chi connectivity index (χ1) is 20.3. The van der Waals surface area contributed by atoms with Crippen LogP contribution < -0.4 is 10.6 Å². The highest BCUT2D eigenvalue weighted by Gasteiger charge is 2.52. The Morgan fingerprint density at radius 3 is 2.60 bits per heavy atom. The Balaban J connectivity index is 1.28. The third-order valence-corrected chi connectivity index (χ3v) is 8.52. The number of amides is 3. The van der Waals surface area contributed by atoms with E-state index in [0.717, 1.165) is 0 Å². The standard InChI is InChI=1S/C29H23F6N5O3/c1-13-16(22-18(30)4-5-19(31)23(22)32)8-20(26(42)40(13)12-29(33,34)35)38-25(41)15-7-14-9-28(10-21(14)37-11-15)17-3-2-6-36-24(17)39-27(28)43/h2-7,11,13,16,20H,8-10,12H2,1H3,(H,38,41)(H,36,39,43)/t13-,16?,20+,28+/m1/s1. The van der Waals surface area contributed by atoms with E-state index in [9.17, 15) is 40.7 Å². The largest absolute Gasteiger partial charge is 0.406 e. The molecule has 4 heterocycles. The Labute approximate surface area is 240 Å². The van der Waals surface area contributed by atoms with Gasteiger partial charge in [0.25, 0.3) is 5.91 Å². The van der Waals surface area contributed by atoms with Crippen LogP contribution in [0, 0.1) is 17.5 Å². The van der Waals surface area contributed by atoms with Crippen LogP contribution in [-0.2, 0) is 27.8 Å². The molecule has 1 unspecified atom stereocenters. The molecule has 0 radical (unpaired) electrons. The number of piperidine rings is 1. The van der Waals surface area contributed by atoms with Gasteiger partial charge in [-0.2, -0.15) is 13.2 Å². The molecule has 43 heavy (non-hydrogen) atoms. The van der Waals surface area contributed by atoms with Crippen molar-refractivity contribution in [2.24, 2.45) is 0 Å². The number of fused-ring (bicyclic) bond motifs is 3. The van der Waals surface area contributed by atoms with Gasteiger partial charge in [-0.3, -0.25) is 19.4 Å². The number of pyridine rings is 2. The summed E-state index contributed by atoms with van der Waals surface area (Å²) in [6.45, 7) is -0.557. The highest BCUT2D eigenvalue weighted by atomic mass is 19.4. The fourth-order valence-electron chi connectivity index (χ4n) is 6.43. The lowest BCUT2D eigenvalue weighted by Crippen LogP contribution is -2.60. The number of hydrogen-bond acceptors (Lipinski definition) is 5. The number of halogens is 6. The number of nitrogens with zero attached hydrogens (tertiary/aromatic N) is 3. The third-order valence-electron chi connectivity index (χ3n) is 8.52. The number of aromatic nitrogens is 2. The van der Waals surface area contributed by atoms with Gasteiger partial charge in [-0.1, -0.05) is 6.07 Å². The summed E-state index contributed by atoms with van der Waals surface area (Å²) in [5.74, 6) is -7.38. The van der Waals surface area contributed by atoms with Crippen LogP contribution in [0.2, 0.25) is 0 Å². The molecule has 3 aliphatic rings. The molecule has 4 atom stereocenters. The summed E-state index contributed by atoms with van der Waals surface area (Å²) >= 11 is 0. The van der Waals surface area contributed by atoms with E-state index in [1.807, 2.05) is 0 Å². The number of alkyl halides is 3. The van der Waals surface area contributed by atoms with Crippen molar-refractivity contribution in [3.05, 3.63) is 88.1 Å². The zero-order valence-electron chi connectivity index (χ0n) is 22.4. The Hall–Kier alpha value is -4.49. The van der Waals surface area contributed by atoms with E-state index in [-0.39, 0.29) is 24.3 Å². The SMILES string of the molecule is C[C@@H]1C(c2c(F)ccc(F)c2F)C[C@H](NC(=O)c2cnc3c(c2)C[C@@]2(C3)C(=O)Nc3ncccc32)C(=O)N1CC(F)(F)F. The first-order valence-corrected chi connectivity index (χ1v) is 13.4. The predicted molar refractivity (Wildman–Crippen MR) is 138 cm³/mol. The van der Waals surface area contributed by atoms with Gasteiger partial charge in [-0.25, -0.2) is 18.2 Å². The molecule has 1 aromatic carbocycles. The zero-order valence-corrected chi connectivity index (χ0v) is 22.4. The summed E-state index contributed by atoms with van der Waals surface area (Å²) in [6.07, 6.45) is -2.11. The fraction of sp³-hybridized carbons (Fsp3) is 0.345. The van der Waals surface area contributed by atoms with Gasteiger partial charge in [0.1, 0.15) is 24.2 Å². The number of benzene rings is 1. The van der Waals surface area contributed by atoms with Crippen LogP contribution in [-0.4, -0.2) is 57.4 Å². The van der Waals surface area contributed by atoms with Crippen LogP contribution in [0.1, 0.15) is 52.0 Å². The van der Waals surface area contributed by atoms with Gasteiger partial charge in [0.15, 0.2) is 11.6 Å². The van der Waals surface area contributed by atoms with Crippen LogP contribution in [0.25, 0.3) is 0 Å². The minimum Gasteiger partial charge on any atom is -0.340 e. The second kappa shape index (κ2) is 10.1. The minimum atomic E-state index is -4.86. The van der Waals surface area contributed by atoms with Crippen molar-refractivity contribution < 1.29 is 40.7 Å². The molecule has 6 rings (SSSR count). The second-order valence-electron chi connectivity index (χ2n) is 11.1. The van der Waals surface area contributed by atoms with Gasteiger partial charge < -0.3 is 15.5 Å². The summed E-state index contributed by atoms with van der Waals surface area (Å²) in [5, 5.41) is 5.14. The van der Waals surface area contributed by atoms with Crippen LogP contribution in [0.3, 0.4) is 0 Å². The van der Waals surface area contributed by atoms with Gasteiger partial charge in [-0.15, -0.1) is 0 Å². The highest BCUT2D eigenvalue weighted by molar-refractivity contribution is 6.06. The first-order valence-electron chi connectivity index (χ1n) is 13.4. The lowest BCUT2D eigenvalue weighted by Gasteiger charge is -2.43. The fourth-order valence-corrected chi connectivity index (χ4v) is 6.43. The minimum absolute atomic E-state index is 0.0333.